The molecule has 1 aromatic carbocycles. The van der Waals surface area contributed by atoms with E-state index in [2.05, 4.69) is 25.9 Å². The van der Waals surface area contributed by atoms with Crippen LogP contribution in [-0.4, -0.2) is 21.0 Å². The second-order valence-electron chi connectivity index (χ2n) is 3.74. The minimum absolute atomic E-state index is 0.0439. The maximum Gasteiger partial charge on any atom is 0.355 e. The molecular weight excluding hydrogens is 322 g/mol. The summed E-state index contributed by atoms with van der Waals surface area (Å²) in [6.07, 6.45) is 1.34. The monoisotopic (exact) mass is 328 g/mol. The van der Waals surface area contributed by atoms with Crippen molar-refractivity contribution in [3.63, 3.8) is 0 Å². The summed E-state index contributed by atoms with van der Waals surface area (Å²) in [5.74, 6) is -2.44. The standard InChI is InChI=1S/C12H7BrF2N2O2/c13-9-5-16-10(17-11(9)12(18)19)3-6-1-7(14)4-8(15)2-6/h1-2,4-5H,3H2,(H,18,19). The van der Waals surface area contributed by atoms with Gasteiger partial charge in [-0.15, -0.1) is 0 Å². The van der Waals surface area contributed by atoms with Crippen LogP contribution in [0.1, 0.15) is 21.9 Å². The molecule has 7 heteroatoms. The van der Waals surface area contributed by atoms with Crippen LogP contribution < -0.4 is 0 Å². The van der Waals surface area contributed by atoms with E-state index < -0.39 is 17.6 Å². The van der Waals surface area contributed by atoms with Gasteiger partial charge >= 0.3 is 5.97 Å². The molecule has 0 aliphatic carbocycles. The van der Waals surface area contributed by atoms with Gasteiger partial charge in [0.25, 0.3) is 0 Å². The minimum Gasteiger partial charge on any atom is -0.476 e. The molecule has 0 unspecified atom stereocenters. The molecule has 0 atom stereocenters. The number of hydrogen-bond acceptors (Lipinski definition) is 3. The minimum atomic E-state index is -1.21. The summed E-state index contributed by atoms with van der Waals surface area (Å²) in [4.78, 5) is 18.6. The van der Waals surface area contributed by atoms with E-state index in [1.807, 2.05) is 0 Å². The Morgan fingerprint density at radius 2 is 1.89 bits per heavy atom. The Labute approximate surface area is 115 Å². The lowest BCUT2D eigenvalue weighted by molar-refractivity contribution is 0.0688. The van der Waals surface area contributed by atoms with Gasteiger partial charge in [0.15, 0.2) is 5.69 Å². The zero-order valence-corrected chi connectivity index (χ0v) is 11.0. The fraction of sp³-hybridized carbons (Fsp3) is 0.0833. The summed E-state index contributed by atoms with van der Waals surface area (Å²) in [5, 5.41) is 8.90. The van der Waals surface area contributed by atoms with Crippen LogP contribution in [-0.2, 0) is 6.42 Å². The highest BCUT2D eigenvalue weighted by molar-refractivity contribution is 9.10. The summed E-state index contributed by atoms with van der Waals surface area (Å²) < 4.78 is 26.3. The second kappa shape index (κ2) is 5.40. The Hall–Kier alpha value is -1.89. The molecule has 1 aromatic heterocycles. The Kier molecular flexibility index (Phi) is 3.84. The third kappa shape index (κ3) is 3.31. The highest BCUT2D eigenvalue weighted by atomic mass is 79.9. The van der Waals surface area contributed by atoms with Crippen LogP contribution in [0.2, 0.25) is 0 Å². The van der Waals surface area contributed by atoms with Crippen LogP contribution in [0, 0.1) is 11.6 Å². The number of rotatable bonds is 3. The Balaban J connectivity index is 2.33. The van der Waals surface area contributed by atoms with Gasteiger partial charge in [0, 0.05) is 18.7 Å². The van der Waals surface area contributed by atoms with Gasteiger partial charge in [-0.3, -0.25) is 0 Å². The van der Waals surface area contributed by atoms with Gasteiger partial charge < -0.3 is 5.11 Å². The van der Waals surface area contributed by atoms with Crippen molar-refractivity contribution < 1.29 is 18.7 Å². The summed E-state index contributed by atoms with van der Waals surface area (Å²) >= 11 is 3.01. The van der Waals surface area contributed by atoms with Crippen molar-refractivity contribution in [1.29, 1.82) is 0 Å². The molecule has 0 aliphatic rings. The fourth-order valence-electron chi connectivity index (χ4n) is 1.53. The Morgan fingerprint density at radius 3 is 2.47 bits per heavy atom. The molecule has 1 N–H and O–H groups in total. The molecule has 1 heterocycles. The molecule has 0 amide bonds. The molecule has 0 radical (unpaired) electrons. The third-order valence-electron chi connectivity index (χ3n) is 2.28. The number of hydrogen-bond donors (Lipinski definition) is 1. The normalized spacial score (nSPS) is 10.5. The lowest BCUT2D eigenvalue weighted by atomic mass is 10.1. The van der Waals surface area contributed by atoms with Gasteiger partial charge in [-0.2, -0.15) is 0 Å². The number of halogens is 3. The zero-order valence-electron chi connectivity index (χ0n) is 9.40. The highest BCUT2D eigenvalue weighted by Crippen LogP contribution is 2.16. The maximum atomic E-state index is 13.0. The molecular formula is C12H7BrF2N2O2. The van der Waals surface area contributed by atoms with Gasteiger partial charge in [-0.1, -0.05) is 0 Å². The fourth-order valence-corrected chi connectivity index (χ4v) is 1.90. The Bertz CT molecular complexity index is 629. The summed E-state index contributed by atoms with van der Waals surface area (Å²) in [5.41, 5.74) is 0.137. The van der Waals surface area contributed by atoms with E-state index in [9.17, 15) is 13.6 Å². The van der Waals surface area contributed by atoms with Gasteiger partial charge in [-0.05, 0) is 33.6 Å². The predicted octanol–water partition coefficient (Wildman–Crippen LogP) is 2.81. The van der Waals surface area contributed by atoms with E-state index in [-0.39, 0.29) is 22.4 Å². The molecule has 98 valence electrons. The number of nitrogens with zero attached hydrogens (tertiary/aromatic N) is 2. The molecule has 2 rings (SSSR count). The van der Waals surface area contributed by atoms with E-state index in [1.165, 1.54) is 6.20 Å². The van der Waals surface area contributed by atoms with Crippen LogP contribution in [0.3, 0.4) is 0 Å². The largest absolute Gasteiger partial charge is 0.476 e. The van der Waals surface area contributed by atoms with Crippen molar-refractivity contribution in [3.05, 3.63) is 57.6 Å². The van der Waals surface area contributed by atoms with Crippen molar-refractivity contribution in [2.24, 2.45) is 0 Å². The first-order chi connectivity index (χ1) is 8.95. The van der Waals surface area contributed by atoms with E-state index >= 15 is 0 Å². The molecule has 2 aromatic rings. The van der Waals surface area contributed by atoms with Crippen molar-refractivity contribution in [2.45, 2.75) is 6.42 Å². The van der Waals surface area contributed by atoms with Crippen molar-refractivity contribution in [3.8, 4) is 0 Å². The summed E-state index contributed by atoms with van der Waals surface area (Å²) in [6, 6.07) is 3.05. The maximum absolute atomic E-state index is 13.0. The first kappa shape index (κ1) is 13.5. The quantitative estimate of drug-likeness (QED) is 0.941. The SMILES string of the molecule is O=C(O)c1nc(Cc2cc(F)cc(F)c2)ncc1Br. The first-order valence-electron chi connectivity index (χ1n) is 5.15. The topological polar surface area (TPSA) is 63.1 Å². The van der Waals surface area contributed by atoms with Crippen LogP contribution in [0.5, 0.6) is 0 Å². The first-order valence-corrected chi connectivity index (χ1v) is 5.94. The Morgan fingerprint density at radius 1 is 1.26 bits per heavy atom. The van der Waals surface area contributed by atoms with Crippen LogP contribution in [0.25, 0.3) is 0 Å². The van der Waals surface area contributed by atoms with E-state index in [0.717, 1.165) is 18.2 Å². The van der Waals surface area contributed by atoms with Crippen molar-refractivity contribution in [2.75, 3.05) is 0 Å². The van der Waals surface area contributed by atoms with Crippen molar-refractivity contribution >= 4 is 21.9 Å². The number of carboxylic acids is 1. The average Bonchev–Trinajstić information content (AvgIpc) is 2.30. The molecule has 0 aliphatic heterocycles. The van der Waals surface area contributed by atoms with Gasteiger partial charge in [0.1, 0.15) is 17.5 Å². The third-order valence-corrected chi connectivity index (χ3v) is 2.86. The molecule has 0 spiro atoms. The summed E-state index contributed by atoms with van der Waals surface area (Å²) in [7, 11) is 0. The molecule has 0 fully saturated rings. The smallest absolute Gasteiger partial charge is 0.355 e. The van der Waals surface area contributed by atoms with E-state index in [4.69, 9.17) is 5.11 Å². The molecule has 0 saturated carbocycles. The van der Waals surface area contributed by atoms with Gasteiger partial charge in [0.2, 0.25) is 0 Å². The highest BCUT2D eigenvalue weighted by Gasteiger charge is 2.12. The number of carboxylic acid groups (broad SMARTS) is 1. The van der Waals surface area contributed by atoms with Gasteiger partial charge in [0.05, 0.1) is 4.47 Å². The zero-order chi connectivity index (χ0) is 14.0. The number of aromatic nitrogens is 2. The number of aromatic carboxylic acids is 1. The van der Waals surface area contributed by atoms with E-state index in [1.54, 1.807) is 0 Å². The lowest BCUT2D eigenvalue weighted by Gasteiger charge is -2.04. The number of carbonyl (C=O) groups is 1. The molecule has 0 saturated heterocycles. The average molecular weight is 329 g/mol. The van der Waals surface area contributed by atoms with Crippen LogP contribution in [0.15, 0.2) is 28.9 Å². The molecule has 19 heavy (non-hydrogen) atoms. The molecule has 4 nitrogen and oxygen atoms in total. The second-order valence-corrected chi connectivity index (χ2v) is 4.60. The number of benzene rings is 1. The van der Waals surface area contributed by atoms with Gasteiger partial charge in [-0.25, -0.2) is 23.5 Å². The van der Waals surface area contributed by atoms with Crippen LogP contribution in [0.4, 0.5) is 8.78 Å². The van der Waals surface area contributed by atoms with Crippen molar-refractivity contribution in [1.82, 2.24) is 9.97 Å². The summed E-state index contributed by atoms with van der Waals surface area (Å²) in [6.45, 7) is 0. The molecule has 0 bridgehead atoms. The predicted molar refractivity (Wildman–Crippen MR) is 65.9 cm³/mol. The lowest BCUT2D eigenvalue weighted by Crippen LogP contribution is -2.07. The van der Waals surface area contributed by atoms with E-state index in [0.29, 0.717) is 5.56 Å². The van der Waals surface area contributed by atoms with Crippen LogP contribution >= 0.6 is 15.9 Å².